The minimum Gasteiger partial charge on any atom is -0.479 e. The Hall–Kier alpha value is -1.04. The van der Waals surface area contributed by atoms with E-state index in [1.54, 1.807) is 11.9 Å². The fourth-order valence-electron chi connectivity index (χ4n) is 2.37. The number of hydrogen-bond donors (Lipinski definition) is 1. The Bertz CT molecular complexity index is 426. The number of ether oxygens (including phenoxy) is 1. The van der Waals surface area contributed by atoms with Crippen molar-refractivity contribution in [1.82, 2.24) is 4.31 Å². The zero-order valence-electron chi connectivity index (χ0n) is 11.7. The molecule has 2 unspecified atom stereocenters. The SMILES string of the molecule is CCCSN1CCOC(C(=O)O)C(c2ccccc2)C1. The molecule has 1 aliphatic rings. The lowest BCUT2D eigenvalue weighted by Gasteiger charge is -2.25. The fraction of sp³-hybridized carbons (Fsp3) is 0.533. The second-order valence-electron chi connectivity index (χ2n) is 4.87. The molecule has 110 valence electrons. The van der Waals surface area contributed by atoms with Gasteiger partial charge >= 0.3 is 5.97 Å². The first-order valence-corrected chi connectivity index (χ1v) is 7.94. The average Bonchev–Trinajstić information content (AvgIpc) is 2.68. The maximum absolute atomic E-state index is 11.5. The van der Waals surface area contributed by atoms with E-state index in [1.807, 2.05) is 30.3 Å². The van der Waals surface area contributed by atoms with Crippen LogP contribution in [0.1, 0.15) is 24.8 Å². The van der Waals surface area contributed by atoms with Crippen LogP contribution in [-0.4, -0.2) is 46.9 Å². The molecular weight excluding hydrogens is 274 g/mol. The first kappa shape index (κ1) is 15.4. The molecule has 1 N–H and O–H groups in total. The summed E-state index contributed by atoms with van der Waals surface area (Å²) >= 11 is 1.78. The van der Waals surface area contributed by atoms with Crippen LogP contribution in [0.25, 0.3) is 0 Å². The Kier molecular flexibility index (Phi) is 5.88. The van der Waals surface area contributed by atoms with Gasteiger partial charge in [0.25, 0.3) is 0 Å². The van der Waals surface area contributed by atoms with E-state index < -0.39 is 12.1 Å². The van der Waals surface area contributed by atoms with E-state index in [2.05, 4.69) is 11.2 Å². The van der Waals surface area contributed by atoms with Crippen molar-refractivity contribution in [2.45, 2.75) is 25.4 Å². The smallest absolute Gasteiger partial charge is 0.333 e. The van der Waals surface area contributed by atoms with Crippen LogP contribution in [0.4, 0.5) is 0 Å². The molecule has 1 heterocycles. The standard InChI is InChI=1S/C15H21NO3S/c1-2-10-20-16-8-9-19-14(15(17)18)13(11-16)12-6-4-3-5-7-12/h3-7,13-14H,2,8-11H2,1H3,(H,17,18). The molecule has 20 heavy (non-hydrogen) atoms. The van der Waals surface area contributed by atoms with Gasteiger partial charge in [0.2, 0.25) is 0 Å². The van der Waals surface area contributed by atoms with Gasteiger partial charge in [-0.3, -0.25) is 0 Å². The number of nitrogens with zero attached hydrogens (tertiary/aromatic N) is 1. The number of aliphatic carboxylic acids is 1. The van der Waals surface area contributed by atoms with Crippen LogP contribution in [0.5, 0.6) is 0 Å². The molecule has 0 saturated carbocycles. The maximum Gasteiger partial charge on any atom is 0.333 e. The Morgan fingerprint density at radius 3 is 2.85 bits per heavy atom. The Balaban J connectivity index is 2.17. The van der Waals surface area contributed by atoms with Crippen molar-refractivity contribution >= 4 is 17.9 Å². The second kappa shape index (κ2) is 7.67. The van der Waals surface area contributed by atoms with Gasteiger partial charge in [-0.2, -0.15) is 0 Å². The van der Waals surface area contributed by atoms with Gasteiger partial charge < -0.3 is 9.84 Å². The van der Waals surface area contributed by atoms with Crippen LogP contribution < -0.4 is 0 Å². The lowest BCUT2D eigenvalue weighted by molar-refractivity contribution is -0.151. The van der Waals surface area contributed by atoms with Crippen molar-refractivity contribution in [2.24, 2.45) is 0 Å². The number of carbonyl (C=O) groups is 1. The van der Waals surface area contributed by atoms with Crippen LogP contribution in [0.3, 0.4) is 0 Å². The highest BCUT2D eigenvalue weighted by Crippen LogP contribution is 2.28. The molecule has 1 aromatic rings. The lowest BCUT2D eigenvalue weighted by Crippen LogP contribution is -2.33. The molecule has 2 atom stereocenters. The van der Waals surface area contributed by atoms with Crippen molar-refractivity contribution in [3.63, 3.8) is 0 Å². The summed E-state index contributed by atoms with van der Waals surface area (Å²) in [6, 6.07) is 9.81. The van der Waals surface area contributed by atoms with Crippen molar-refractivity contribution < 1.29 is 14.6 Å². The van der Waals surface area contributed by atoms with Crippen LogP contribution in [0.15, 0.2) is 30.3 Å². The van der Waals surface area contributed by atoms with Crippen LogP contribution in [-0.2, 0) is 9.53 Å². The van der Waals surface area contributed by atoms with E-state index in [0.717, 1.165) is 24.3 Å². The van der Waals surface area contributed by atoms with Gasteiger partial charge in [0, 0.05) is 24.8 Å². The van der Waals surface area contributed by atoms with Gasteiger partial charge in [-0.05, 0) is 12.0 Å². The van der Waals surface area contributed by atoms with E-state index in [-0.39, 0.29) is 5.92 Å². The van der Waals surface area contributed by atoms with Gasteiger partial charge in [0.05, 0.1) is 6.61 Å². The Morgan fingerprint density at radius 2 is 2.20 bits per heavy atom. The van der Waals surface area contributed by atoms with E-state index in [1.165, 1.54) is 0 Å². The van der Waals surface area contributed by atoms with Crippen molar-refractivity contribution in [1.29, 1.82) is 0 Å². The highest BCUT2D eigenvalue weighted by molar-refractivity contribution is 7.97. The van der Waals surface area contributed by atoms with Gasteiger partial charge in [0.1, 0.15) is 0 Å². The number of carboxylic acid groups (broad SMARTS) is 1. The summed E-state index contributed by atoms with van der Waals surface area (Å²) in [5.41, 5.74) is 1.03. The average molecular weight is 295 g/mol. The summed E-state index contributed by atoms with van der Waals surface area (Å²) in [5, 5.41) is 9.41. The molecule has 0 spiro atoms. The number of rotatable bonds is 5. The summed E-state index contributed by atoms with van der Waals surface area (Å²) < 4.78 is 7.83. The summed E-state index contributed by atoms with van der Waals surface area (Å²) in [6.45, 7) is 4.11. The predicted molar refractivity (Wildman–Crippen MR) is 80.9 cm³/mol. The van der Waals surface area contributed by atoms with Crippen LogP contribution >= 0.6 is 11.9 Å². The first-order chi connectivity index (χ1) is 9.72. The Morgan fingerprint density at radius 1 is 1.45 bits per heavy atom. The van der Waals surface area contributed by atoms with Gasteiger partial charge in [-0.1, -0.05) is 49.2 Å². The van der Waals surface area contributed by atoms with E-state index >= 15 is 0 Å². The van der Waals surface area contributed by atoms with Crippen LogP contribution in [0.2, 0.25) is 0 Å². The lowest BCUT2D eigenvalue weighted by atomic mass is 9.93. The van der Waals surface area contributed by atoms with Gasteiger partial charge in [0.15, 0.2) is 6.10 Å². The fourth-order valence-corrected chi connectivity index (χ4v) is 3.28. The molecule has 5 heteroatoms. The molecule has 0 aliphatic carbocycles. The van der Waals surface area contributed by atoms with E-state index in [0.29, 0.717) is 13.2 Å². The normalized spacial score (nSPS) is 24.2. The molecular formula is C15H21NO3S. The number of benzene rings is 1. The third-order valence-electron chi connectivity index (χ3n) is 3.35. The van der Waals surface area contributed by atoms with Crippen molar-refractivity contribution in [3.05, 3.63) is 35.9 Å². The van der Waals surface area contributed by atoms with Gasteiger partial charge in [-0.15, -0.1) is 0 Å². The third kappa shape index (κ3) is 3.98. The molecule has 0 aromatic heterocycles. The molecule has 0 radical (unpaired) electrons. The molecule has 1 saturated heterocycles. The van der Waals surface area contributed by atoms with Crippen molar-refractivity contribution in [2.75, 3.05) is 25.4 Å². The van der Waals surface area contributed by atoms with E-state index in [4.69, 9.17) is 4.74 Å². The molecule has 2 rings (SSSR count). The minimum atomic E-state index is -0.874. The van der Waals surface area contributed by atoms with Crippen molar-refractivity contribution in [3.8, 4) is 0 Å². The highest BCUT2D eigenvalue weighted by Gasteiger charge is 2.34. The highest BCUT2D eigenvalue weighted by atomic mass is 32.2. The third-order valence-corrected chi connectivity index (χ3v) is 4.64. The molecule has 0 amide bonds. The number of carboxylic acids is 1. The number of hydrogen-bond acceptors (Lipinski definition) is 4. The van der Waals surface area contributed by atoms with Crippen LogP contribution in [0, 0.1) is 0 Å². The molecule has 1 aromatic carbocycles. The minimum absolute atomic E-state index is 0.124. The quantitative estimate of drug-likeness (QED) is 0.846. The topological polar surface area (TPSA) is 49.8 Å². The predicted octanol–water partition coefficient (Wildman–Crippen LogP) is 2.61. The summed E-state index contributed by atoms with van der Waals surface area (Å²) in [4.78, 5) is 11.5. The second-order valence-corrected chi connectivity index (χ2v) is 6.05. The maximum atomic E-state index is 11.5. The summed E-state index contributed by atoms with van der Waals surface area (Å²) in [6.07, 6.45) is 0.352. The monoisotopic (exact) mass is 295 g/mol. The molecule has 1 aliphatic heterocycles. The zero-order chi connectivity index (χ0) is 14.4. The molecule has 1 fully saturated rings. The molecule has 0 bridgehead atoms. The summed E-state index contributed by atoms with van der Waals surface area (Å²) in [5.74, 6) is 0.0564. The van der Waals surface area contributed by atoms with E-state index in [9.17, 15) is 9.90 Å². The molecule has 4 nitrogen and oxygen atoms in total. The Labute approximate surface area is 124 Å². The zero-order valence-corrected chi connectivity index (χ0v) is 12.5. The summed E-state index contributed by atoms with van der Waals surface area (Å²) in [7, 11) is 0. The van der Waals surface area contributed by atoms with Gasteiger partial charge in [-0.25, -0.2) is 9.10 Å². The first-order valence-electron chi connectivity index (χ1n) is 6.99. The largest absolute Gasteiger partial charge is 0.479 e.